The van der Waals surface area contributed by atoms with Crippen molar-refractivity contribution in [3.05, 3.63) is 27.7 Å². The summed E-state index contributed by atoms with van der Waals surface area (Å²) in [5.41, 5.74) is 1.45. The normalized spacial score (nSPS) is 13.4. The summed E-state index contributed by atoms with van der Waals surface area (Å²) in [5.74, 6) is -0.138. The number of nitrogens with zero attached hydrogens (tertiary/aromatic N) is 1. The highest BCUT2D eigenvalue weighted by Gasteiger charge is 2.20. The van der Waals surface area contributed by atoms with Crippen LogP contribution in [0.3, 0.4) is 0 Å². The van der Waals surface area contributed by atoms with Gasteiger partial charge in [0, 0.05) is 13.2 Å². The fraction of sp³-hybridized carbons (Fsp3) is 0.462. The number of hydrogen-bond acceptors (Lipinski definition) is 2. The minimum atomic E-state index is -0.447. The quantitative estimate of drug-likeness (QED) is 0.852. The number of H-pyrrole nitrogens is 1. The average molecular weight is 303 g/mol. The predicted octanol–water partition coefficient (Wildman–Crippen LogP) is 4.33. The number of halogens is 2. The molecule has 0 amide bonds. The van der Waals surface area contributed by atoms with E-state index >= 15 is 0 Å². The van der Waals surface area contributed by atoms with Gasteiger partial charge in [0.1, 0.15) is 5.82 Å². The Hall–Kier alpha value is -0.910. The summed E-state index contributed by atoms with van der Waals surface area (Å²) >= 11 is 11.1. The van der Waals surface area contributed by atoms with Gasteiger partial charge in [-0.15, -0.1) is 0 Å². The van der Waals surface area contributed by atoms with Crippen molar-refractivity contribution in [2.75, 3.05) is 13.7 Å². The third-order valence-corrected chi connectivity index (χ3v) is 3.79. The van der Waals surface area contributed by atoms with E-state index in [1.54, 1.807) is 13.2 Å². The van der Waals surface area contributed by atoms with Crippen LogP contribution in [0.2, 0.25) is 5.02 Å². The highest BCUT2D eigenvalue weighted by molar-refractivity contribution is 7.71. The van der Waals surface area contributed by atoms with Crippen LogP contribution in [0.15, 0.2) is 12.1 Å². The first-order valence-corrected chi connectivity index (χ1v) is 6.82. The SMILES string of the molecule is COCC(C(C)C)n1c(=S)[nH]c2cc(Cl)c(F)cc21. The molecule has 1 unspecified atom stereocenters. The molecule has 1 heterocycles. The molecule has 0 fully saturated rings. The number of rotatable bonds is 4. The smallest absolute Gasteiger partial charge is 0.178 e. The Bertz CT molecular complexity index is 650. The highest BCUT2D eigenvalue weighted by atomic mass is 35.5. The van der Waals surface area contributed by atoms with E-state index in [9.17, 15) is 4.39 Å². The molecule has 3 nitrogen and oxygen atoms in total. The van der Waals surface area contributed by atoms with Gasteiger partial charge >= 0.3 is 0 Å². The molecule has 19 heavy (non-hydrogen) atoms. The van der Waals surface area contributed by atoms with Crippen LogP contribution in [0, 0.1) is 16.5 Å². The number of imidazole rings is 1. The second-order valence-electron chi connectivity index (χ2n) is 4.85. The van der Waals surface area contributed by atoms with E-state index in [-0.39, 0.29) is 11.1 Å². The Morgan fingerprint density at radius 2 is 2.16 bits per heavy atom. The summed E-state index contributed by atoms with van der Waals surface area (Å²) in [4.78, 5) is 3.06. The Kier molecular flexibility index (Phi) is 4.28. The van der Waals surface area contributed by atoms with Gasteiger partial charge in [-0.1, -0.05) is 25.4 Å². The molecule has 1 N–H and O–H groups in total. The number of aromatic amines is 1. The van der Waals surface area contributed by atoms with Crippen molar-refractivity contribution in [2.24, 2.45) is 5.92 Å². The highest BCUT2D eigenvalue weighted by Crippen LogP contribution is 2.28. The van der Waals surface area contributed by atoms with E-state index in [0.29, 0.717) is 22.8 Å². The molecule has 0 bridgehead atoms. The molecule has 0 saturated heterocycles. The third kappa shape index (κ3) is 2.68. The molecule has 0 aliphatic rings. The van der Waals surface area contributed by atoms with Crippen LogP contribution >= 0.6 is 23.8 Å². The first-order valence-electron chi connectivity index (χ1n) is 6.04. The molecule has 104 valence electrons. The van der Waals surface area contributed by atoms with Crippen LogP contribution in [-0.4, -0.2) is 23.3 Å². The van der Waals surface area contributed by atoms with E-state index in [1.165, 1.54) is 6.07 Å². The number of nitrogens with one attached hydrogen (secondary N) is 1. The van der Waals surface area contributed by atoms with Crippen LogP contribution in [-0.2, 0) is 4.74 Å². The van der Waals surface area contributed by atoms with Gasteiger partial charge in [-0.05, 0) is 24.2 Å². The molecule has 0 aliphatic carbocycles. The van der Waals surface area contributed by atoms with Gasteiger partial charge in [-0.3, -0.25) is 0 Å². The van der Waals surface area contributed by atoms with E-state index in [2.05, 4.69) is 18.8 Å². The Morgan fingerprint density at radius 1 is 1.47 bits per heavy atom. The maximum atomic E-state index is 13.7. The molecule has 1 aromatic carbocycles. The number of hydrogen-bond donors (Lipinski definition) is 1. The number of methoxy groups -OCH3 is 1. The summed E-state index contributed by atoms with van der Waals surface area (Å²) in [6, 6.07) is 3.02. The molecule has 6 heteroatoms. The summed E-state index contributed by atoms with van der Waals surface area (Å²) in [6.45, 7) is 4.68. The van der Waals surface area contributed by atoms with Crippen molar-refractivity contribution in [1.29, 1.82) is 0 Å². The maximum absolute atomic E-state index is 13.7. The minimum absolute atomic E-state index is 0.0480. The second kappa shape index (κ2) is 5.61. The van der Waals surface area contributed by atoms with Gasteiger partial charge in [-0.25, -0.2) is 4.39 Å². The second-order valence-corrected chi connectivity index (χ2v) is 5.64. The van der Waals surface area contributed by atoms with Crippen LogP contribution in [0.1, 0.15) is 19.9 Å². The average Bonchev–Trinajstić information content (AvgIpc) is 2.62. The molecule has 0 aliphatic heterocycles. The van der Waals surface area contributed by atoms with Gasteiger partial charge in [0.15, 0.2) is 4.77 Å². The molecule has 1 atom stereocenters. The molecular weight excluding hydrogens is 287 g/mol. The Labute approximate surface area is 121 Å². The molecule has 0 radical (unpaired) electrons. The van der Waals surface area contributed by atoms with Crippen LogP contribution in [0.25, 0.3) is 11.0 Å². The van der Waals surface area contributed by atoms with Crippen molar-refractivity contribution in [2.45, 2.75) is 19.9 Å². The van der Waals surface area contributed by atoms with Crippen LogP contribution in [0.5, 0.6) is 0 Å². The summed E-state index contributed by atoms with van der Waals surface area (Å²) in [6.07, 6.45) is 0. The summed E-state index contributed by atoms with van der Waals surface area (Å²) in [7, 11) is 1.64. The van der Waals surface area contributed by atoms with Crippen LogP contribution < -0.4 is 0 Å². The molecule has 0 spiro atoms. The third-order valence-electron chi connectivity index (χ3n) is 3.20. The maximum Gasteiger partial charge on any atom is 0.178 e. The molecular formula is C13H16ClFN2OS. The molecule has 2 aromatic rings. The number of benzene rings is 1. The Balaban J connectivity index is 2.68. The number of ether oxygens (including phenoxy) is 1. The largest absolute Gasteiger partial charge is 0.383 e. The lowest BCUT2D eigenvalue weighted by Gasteiger charge is -2.22. The van der Waals surface area contributed by atoms with Crippen molar-refractivity contribution < 1.29 is 9.13 Å². The van der Waals surface area contributed by atoms with Crippen molar-refractivity contribution in [3.63, 3.8) is 0 Å². The van der Waals surface area contributed by atoms with Crippen molar-refractivity contribution in [3.8, 4) is 0 Å². The number of fused-ring (bicyclic) bond motifs is 1. The zero-order chi connectivity index (χ0) is 14.2. The van der Waals surface area contributed by atoms with Gasteiger partial charge in [0.25, 0.3) is 0 Å². The topological polar surface area (TPSA) is 29.9 Å². The van der Waals surface area contributed by atoms with Crippen LogP contribution in [0.4, 0.5) is 4.39 Å². The Morgan fingerprint density at radius 3 is 2.74 bits per heavy atom. The fourth-order valence-corrected chi connectivity index (χ4v) is 2.69. The monoisotopic (exact) mass is 302 g/mol. The molecule has 2 rings (SSSR count). The van der Waals surface area contributed by atoms with E-state index in [1.807, 2.05) is 4.57 Å². The van der Waals surface area contributed by atoms with Crippen molar-refractivity contribution in [1.82, 2.24) is 9.55 Å². The standard InChI is InChI=1S/C13H16ClFN2OS/c1-7(2)12(6-18-3)17-11-5-9(15)8(14)4-10(11)16-13(17)19/h4-5,7,12H,6H2,1-3H3,(H,16,19). The first-order chi connectivity index (χ1) is 8.95. The first kappa shape index (κ1) is 14.5. The lowest BCUT2D eigenvalue weighted by molar-refractivity contribution is 0.134. The summed E-state index contributed by atoms with van der Waals surface area (Å²) in [5, 5.41) is 0.0868. The van der Waals surface area contributed by atoms with Gasteiger partial charge in [0.05, 0.1) is 28.7 Å². The lowest BCUT2D eigenvalue weighted by Crippen LogP contribution is -2.20. The fourth-order valence-electron chi connectivity index (χ4n) is 2.19. The van der Waals surface area contributed by atoms with Gasteiger partial charge < -0.3 is 14.3 Å². The number of aromatic nitrogens is 2. The van der Waals surface area contributed by atoms with Gasteiger partial charge in [-0.2, -0.15) is 0 Å². The van der Waals surface area contributed by atoms with Gasteiger partial charge in [0.2, 0.25) is 0 Å². The lowest BCUT2D eigenvalue weighted by atomic mass is 10.1. The van der Waals surface area contributed by atoms with E-state index in [0.717, 1.165) is 5.52 Å². The van der Waals surface area contributed by atoms with E-state index in [4.69, 9.17) is 28.6 Å². The van der Waals surface area contributed by atoms with E-state index < -0.39 is 5.82 Å². The van der Waals surface area contributed by atoms with Crippen molar-refractivity contribution >= 4 is 34.9 Å². The zero-order valence-corrected chi connectivity index (χ0v) is 12.6. The minimum Gasteiger partial charge on any atom is -0.383 e. The molecule has 0 saturated carbocycles. The molecule has 1 aromatic heterocycles. The zero-order valence-electron chi connectivity index (χ0n) is 11.0. The predicted molar refractivity (Wildman–Crippen MR) is 77.8 cm³/mol. The summed E-state index contributed by atoms with van der Waals surface area (Å²) < 4.78 is 21.4.